The Bertz CT molecular complexity index is 554. The molecule has 0 aromatic carbocycles. The fourth-order valence-electron chi connectivity index (χ4n) is 1.80. The van der Waals surface area contributed by atoms with Crippen molar-refractivity contribution in [3.8, 4) is 5.75 Å². The number of anilines is 1. The molecule has 2 rings (SSSR count). The molecule has 0 saturated heterocycles. The van der Waals surface area contributed by atoms with Gasteiger partial charge in [0.15, 0.2) is 11.6 Å². The summed E-state index contributed by atoms with van der Waals surface area (Å²) in [6.45, 7) is 8.25. The number of thiazole rings is 1. The highest BCUT2D eigenvalue weighted by Crippen LogP contribution is 2.28. The molecule has 2 aromatic rings. The summed E-state index contributed by atoms with van der Waals surface area (Å²) in [5, 5.41) is 4.45. The summed E-state index contributed by atoms with van der Waals surface area (Å²) >= 11 is 1.74. The van der Waals surface area contributed by atoms with E-state index in [0.717, 1.165) is 23.0 Å². The SMILES string of the molecule is CCc1cnc(C(C)Nc2ncccc2OC(C)C)s1. The molecule has 0 spiro atoms. The number of hydrogen-bond donors (Lipinski definition) is 1. The Morgan fingerprint density at radius 3 is 2.75 bits per heavy atom. The van der Waals surface area contributed by atoms with E-state index in [-0.39, 0.29) is 12.1 Å². The Balaban J connectivity index is 2.12. The van der Waals surface area contributed by atoms with E-state index in [4.69, 9.17) is 4.74 Å². The fraction of sp³-hybridized carbons (Fsp3) is 0.467. The highest BCUT2D eigenvalue weighted by molar-refractivity contribution is 7.11. The van der Waals surface area contributed by atoms with Crippen LogP contribution in [0, 0.1) is 0 Å². The number of rotatable bonds is 6. The van der Waals surface area contributed by atoms with E-state index < -0.39 is 0 Å². The minimum absolute atomic E-state index is 0.115. The molecule has 1 N–H and O–H groups in total. The Hall–Kier alpha value is -1.62. The van der Waals surface area contributed by atoms with Gasteiger partial charge in [-0.05, 0) is 39.3 Å². The van der Waals surface area contributed by atoms with Crippen molar-refractivity contribution in [2.45, 2.75) is 46.3 Å². The van der Waals surface area contributed by atoms with Crippen LogP contribution >= 0.6 is 11.3 Å². The standard InChI is InChI=1S/C15H21N3OS/c1-5-12-9-17-15(20-12)11(4)18-14-13(19-10(2)3)7-6-8-16-14/h6-11H,5H2,1-4H3,(H,16,18). The zero-order chi connectivity index (χ0) is 14.5. The summed E-state index contributed by atoms with van der Waals surface area (Å²) in [5.74, 6) is 1.54. The Morgan fingerprint density at radius 1 is 1.30 bits per heavy atom. The van der Waals surface area contributed by atoms with Crippen molar-refractivity contribution in [3.05, 3.63) is 34.4 Å². The third-order valence-corrected chi connectivity index (χ3v) is 4.10. The molecule has 108 valence electrons. The van der Waals surface area contributed by atoms with E-state index in [1.54, 1.807) is 17.5 Å². The maximum atomic E-state index is 5.77. The third kappa shape index (κ3) is 3.70. The van der Waals surface area contributed by atoms with E-state index in [9.17, 15) is 0 Å². The van der Waals surface area contributed by atoms with Gasteiger partial charge in [0.05, 0.1) is 12.1 Å². The van der Waals surface area contributed by atoms with Crippen molar-refractivity contribution in [1.82, 2.24) is 9.97 Å². The van der Waals surface area contributed by atoms with Crippen LogP contribution < -0.4 is 10.1 Å². The van der Waals surface area contributed by atoms with Gasteiger partial charge in [0, 0.05) is 17.3 Å². The Labute approximate surface area is 124 Å². The monoisotopic (exact) mass is 291 g/mol. The van der Waals surface area contributed by atoms with Crippen LogP contribution in [0.2, 0.25) is 0 Å². The summed E-state index contributed by atoms with van der Waals surface area (Å²) in [6.07, 6.45) is 4.86. The minimum Gasteiger partial charge on any atom is -0.487 e. The second-order valence-corrected chi connectivity index (χ2v) is 6.05. The van der Waals surface area contributed by atoms with E-state index in [1.165, 1.54) is 4.88 Å². The first-order chi connectivity index (χ1) is 9.60. The van der Waals surface area contributed by atoms with Crippen LogP contribution in [0.25, 0.3) is 0 Å². The second kappa shape index (κ2) is 6.70. The average molecular weight is 291 g/mol. The van der Waals surface area contributed by atoms with Crippen LogP contribution in [0.4, 0.5) is 5.82 Å². The molecule has 0 aliphatic heterocycles. The zero-order valence-corrected chi connectivity index (χ0v) is 13.2. The first kappa shape index (κ1) is 14.8. The quantitative estimate of drug-likeness (QED) is 0.872. The predicted molar refractivity (Wildman–Crippen MR) is 83.5 cm³/mol. The summed E-state index contributed by atoms with van der Waals surface area (Å²) in [7, 11) is 0. The number of nitrogens with zero attached hydrogens (tertiary/aromatic N) is 2. The third-order valence-electron chi connectivity index (χ3n) is 2.78. The molecule has 2 heterocycles. The van der Waals surface area contributed by atoms with E-state index in [1.807, 2.05) is 32.2 Å². The van der Waals surface area contributed by atoms with Crippen LogP contribution in [-0.2, 0) is 6.42 Å². The van der Waals surface area contributed by atoms with Crippen LogP contribution in [0.15, 0.2) is 24.5 Å². The largest absolute Gasteiger partial charge is 0.487 e. The highest BCUT2D eigenvalue weighted by atomic mass is 32.1. The Morgan fingerprint density at radius 2 is 2.10 bits per heavy atom. The molecule has 0 radical (unpaired) electrons. The van der Waals surface area contributed by atoms with E-state index in [2.05, 4.69) is 29.1 Å². The molecule has 0 fully saturated rings. The first-order valence-electron chi connectivity index (χ1n) is 6.93. The normalized spacial score (nSPS) is 12.4. The molecule has 5 heteroatoms. The summed E-state index contributed by atoms with van der Waals surface area (Å²) in [6, 6.07) is 3.93. The van der Waals surface area contributed by atoms with Crippen LogP contribution in [-0.4, -0.2) is 16.1 Å². The predicted octanol–water partition coefficient (Wildman–Crippen LogP) is 4.06. The van der Waals surface area contributed by atoms with Gasteiger partial charge in [-0.15, -0.1) is 11.3 Å². The average Bonchev–Trinajstić information content (AvgIpc) is 2.89. The van der Waals surface area contributed by atoms with Crippen molar-refractivity contribution < 1.29 is 4.74 Å². The summed E-state index contributed by atoms with van der Waals surface area (Å²) in [5.41, 5.74) is 0. The smallest absolute Gasteiger partial charge is 0.169 e. The van der Waals surface area contributed by atoms with E-state index in [0.29, 0.717) is 0 Å². The molecule has 2 aromatic heterocycles. The molecular weight excluding hydrogens is 270 g/mol. The molecular formula is C15H21N3OS. The number of pyridine rings is 1. The number of nitrogens with one attached hydrogen (secondary N) is 1. The van der Waals surface area contributed by atoms with Crippen molar-refractivity contribution in [2.75, 3.05) is 5.32 Å². The first-order valence-corrected chi connectivity index (χ1v) is 7.74. The lowest BCUT2D eigenvalue weighted by molar-refractivity contribution is 0.242. The van der Waals surface area contributed by atoms with Crippen molar-refractivity contribution in [2.24, 2.45) is 0 Å². The maximum Gasteiger partial charge on any atom is 0.169 e. The van der Waals surface area contributed by atoms with Gasteiger partial charge < -0.3 is 10.1 Å². The fourth-order valence-corrected chi connectivity index (χ4v) is 2.66. The lowest BCUT2D eigenvalue weighted by Crippen LogP contribution is -2.12. The summed E-state index contributed by atoms with van der Waals surface area (Å²) in [4.78, 5) is 10.1. The van der Waals surface area contributed by atoms with Gasteiger partial charge in [-0.1, -0.05) is 6.92 Å². The van der Waals surface area contributed by atoms with Crippen LogP contribution in [0.5, 0.6) is 5.75 Å². The minimum atomic E-state index is 0.115. The van der Waals surface area contributed by atoms with Gasteiger partial charge >= 0.3 is 0 Å². The topological polar surface area (TPSA) is 47.0 Å². The lowest BCUT2D eigenvalue weighted by atomic mass is 10.3. The molecule has 4 nitrogen and oxygen atoms in total. The van der Waals surface area contributed by atoms with Gasteiger partial charge in [-0.25, -0.2) is 9.97 Å². The molecule has 20 heavy (non-hydrogen) atoms. The molecule has 0 bridgehead atoms. The molecule has 0 aliphatic carbocycles. The second-order valence-electron chi connectivity index (χ2n) is 4.90. The lowest BCUT2D eigenvalue weighted by Gasteiger charge is -2.17. The molecule has 0 aliphatic rings. The molecule has 0 saturated carbocycles. The van der Waals surface area contributed by atoms with Gasteiger partial charge in [0.25, 0.3) is 0 Å². The van der Waals surface area contributed by atoms with Crippen molar-refractivity contribution in [1.29, 1.82) is 0 Å². The van der Waals surface area contributed by atoms with Gasteiger partial charge in [0.1, 0.15) is 5.01 Å². The molecule has 1 unspecified atom stereocenters. The van der Waals surface area contributed by atoms with Gasteiger partial charge in [-0.2, -0.15) is 0 Å². The Kier molecular flexibility index (Phi) is 4.95. The van der Waals surface area contributed by atoms with Crippen molar-refractivity contribution >= 4 is 17.2 Å². The summed E-state index contributed by atoms with van der Waals surface area (Å²) < 4.78 is 5.77. The molecule has 1 atom stereocenters. The van der Waals surface area contributed by atoms with E-state index >= 15 is 0 Å². The zero-order valence-electron chi connectivity index (χ0n) is 12.4. The highest BCUT2D eigenvalue weighted by Gasteiger charge is 2.13. The van der Waals surface area contributed by atoms with Crippen LogP contribution in [0.3, 0.4) is 0 Å². The number of aryl methyl sites for hydroxylation is 1. The maximum absolute atomic E-state index is 5.77. The van der Waals surface area contributed by atoms with Crippen LogP contribution in [0.1, 0.15) is 43.6 Å². The van der Waals surface area contributed by atoms with Crippen molar-refractivity contribution in [3.63, 3.8) is 0 Å². The van der Waals surface area contributed by atoms with Gasteiger partial charge in [-0.3, -0.25) is 0 Å². The number of aromatic nitrogens is 2. The molecule has 0 amide bonds. The number of hydrogen-bond acceptors (Lipinski definition) is 5. The van der Waals surface area contributed by atoms with Gasteiger partial charge in [0.2, 0.25) is 0 Å². The number of ether oxygens (including phenoxy) is 1.